The van der Waals surface area contributed by atoms with Gasteiger partial charge in [-0.15, -0.1) is 0 Å². The van der Waals surface area contributed by atoms with Crippen molar-refractivity contribution in [2.24, 2.45) is 13.0 Å². The third-order valence-corrected chi connectivity index (χ3v) is 5.76. The number of carbonyl (C=O) groups is 1. The van der Waals surface area contributed by atoms with Crippen LogP contribution in [0.25, 0.3) is 11.2 Å². The number of anilines is 1. The number of hydrogen-bond donors (Lipinski definition) is 0. The lowest BCUT2D eigenvalue weighted by molar-refractivity contribution is -0.135. The Balaban J connectivity index is 1.33. The number of nitrogens with zero attached hydrogens (tertiary/aromatic N) is 6. The fourth-order valence-corrected chi connectivity index (χ4v) is 4.26. The topological polar surface area (TPSA) is 67.2 Å². The standard InChI is InChI=1S/C20H22N6O/c1-24-13-23-17-18(24)21-12-22-19(17)25-8-7-16(11-25)20(27)26-9-6-14-4-2-3-5-15(14)10-26/h2-5,12-13,16H,6-11H2,1H3. The van der Waals surface area contributed by atoms with Crippen LogP contribution in [0.3, 0.4) is 0 Å². The summed E-state index contributed by atoms with van der Waals surface area (Å²) in [7, 11) is 1.93. The molecule has 2 aliphatic heterocycles. The molecular weight excluding hydrogens is 340 g/mol. The average molecular weight is 362 g/mol. The molecule has 0 aliphatic carbocycles. The molecule has 27 heavy (non-hydrogen) atoms. The molecule has 1 aromatic carbocycles. The summed E-state index contributed by atoms with van der Waals surface area (Å²) in [5.41, 5.74) is 4.27. The summed E-state index contributed by atoms with van der Waals surface area (Å²) in [5, 5.41) is 0. The van der Waals surface area contributed by atoms with Crippen molar-refractivity contribution in [1.82, 2.24) is 24.4 Å². The number of rotatable bonds is 2. The average Bonchev–Trinajstić information content (AvgIpc) is 3.34. The van der Waals surface area contributed by atoms with Crippen LogP contribution in [0.4, 0.5) is 5.82 Å². The fourth-order valence-electron chi connectivity index (χ4n) is 4.26. The Labute approximate surface area is 157 Å². The Morgan fingerprint density at radius 3 is 2.85 bits per heavy atom. The molecule has 1 atom stereocenters. The van der Waals surface area contributed by atoms with Crippen molar-refractivity contribution in [2.75, 3.05) is 24.5 Å². The van der Waals surface area contributed by atoms with Gasteiger partial charge in [0.05, 0.1) is 12.2 Å². The Morgan fingerprint density at radius 2 is 1.96 bits per heavy atom. The molecule has 2 aromatic heterocycles. The van der Waals surface area contributed by atoms with Crippen LogP contribution in [0.5, 0.6) is 0 Å². The molecule has 0 spiro atoms. The minimum atomic E-state index is 0.0176. The van der Waals surface area contributed by atoms with Gasteiger partial charge in [0.2, 0.25) is 5.91 Å². The smallest absolute Gasteiger partial charge is 0.227 e. The first-order valence-electron chi connectivity index (χ1n) is 9.43. The van der Waals surface area contributed by atoms with Gasteiger partial charge in [0.15, 0.2) is 17.0 Å². The molecule has 1 fully saturated rings. The van der Waals surface area contributed by atoms with Gasteiger partial charge in [0, 0.05) is 33.2 Å². The molecule has 1 saturated heterocycles. The highest BCUT2D eigenvalue weighted by molar-refractivity contribution is 5.85. The van der Waals surface area contributed by atoms with Crippen LogP contribution in [0.15, 0.2) is 36.9 Å². The van der Waals surface area contributed by atoms with E-state index in [4.69, 9.17) is 0 Å². The van der Waals surface area contributed by atoms with Crippen LogP contribution >= 0.6 is 0 Å². The van der Waals surface area contributed by atoms with E-state index >= 15 is 0 Å². The van der Waals surface area contributed by atoms with Crippen molar-refractivity contribution in [1.29, 1.82) is 0 Å². The summed E-state index contributed by atoms with van der Waals surface area (Å²) in [6.45, 7) is 3.05. The van der Waals surface area contributed by atoms with E-state index in [1.807, 2.05) is 16.5 Å². The largest absolute Gasteiger partial charge is 0.354 e. The third-order valence-electron chi connectivity index (χ3n) is 5.76. The van der Waals surface area contributed by atoms with Crippen molar-refractivity contribution in [3.05, 3.63) is 48.0 Å². The van der Waals surface area contributed by atoms with Crippen molar-refractivity contribution in [3.63, 3.8) is 0 Å². The van der Waals surface area contributed by atoms with E-state index in [0.717, 1.165) is 49.5 Å². The molecule has 0 radical (unpaired) electrons. The lowest BCUT2D eigenvalue weighted by atomic mass is 9.98. The highest BCUT2D eigenvalue weighted by atomic mass is 16.2. The van der Waals surface area contributed by atoms with Gasteiger partial charge in [-0.2, -0.15) is 0 Å². The van der Waals surface area contributed by atoms with Gasteiger partial charge in [0.1, 0.15) is 6.33 Å². The van der Waals surface area contributed by atoms with E-state index in [0.29, 0.717) is 6.54 Å². The van der Waals surface area contributed by atoms with Gasteiger partial charge in [-0.3, -0.25) is 4.79 Å². The number of benzene rings is 1. The summed E-state index contributed by atoms with van der Waals surface area (Å²) in [6.07, 6.45) is 5.14. The van der Waals surface area contributed by atoms with E-state index in [1.165, 1.54) is 11.1 Å². The number of aryl methyl sites for hydroxylation is 1. The van der Waals surface area contributed by atoms with Gasteiger partial charge >= 0.3 is 0 Å². The zero-order valence-electron chi connectivity index (χ0n) is 15.4. The van der Waals surface area contributed by atoms with E-state index in [-0.39, 0.29) is 11.8 Å². The predicted octanol–water partition coefficient (Wildman–Crippen LogP) is 1.77. The molecule has 7 heteroatoms. The van der Waals surface area contributed by atoms with Crippen LogP contribution < -0.4 is 4.90 Å². The first-order chi connectivity index (χ1) is 13.2. The van der Waals surface area contributed by atoms with Crippen molar-refractivity contribution < 1.29 is 4.79 Å². The second-order valence-corrected chi connectivity index (χ2v) is 7.44. The van der Waals surface area contributed by atoms with Gasteiger partial charge in [0.25, 0.3) is 0 Å². The maximum atomic E-state index is 13.1. The Morgan fingerprint density at radius 1 is 1.11 bits per heavy atom. The first kappa shape index (κ1) is 16.2. The molecular formula is C20H22N6O. The molecule has 0 N–H and O–H groups in total. The van der Waals surface area contributed by atoms with Crippen LogP contribution in [0.2, 0.25) is 0 Å². The minimum absolute atomic E-state index is 0.0176. The van der Waals surface area contributed by atoms with Crippen LogP contribution in [-0.2, 0) is 24.8 Å². The molecule has 0 bridgehead atoms. The number of aromatic nitrogens is 4. The quantitative estimate of drug-likeness (QED) is 0.695. The Hall–Kier alpha value is -2.96. The molecule has 3 aromatic rings. The van der Waals surface area contributed by atoms with E-state index in [9.17, 15) is 4.79 Å². The zero-order valence-corrected chi connectivity index (χ0v) is 15.4. The summed E-state index contributed by atoms with van der Waals surface area (Å²) in [4.78, 5) is 30.5. The highest BCUT2D eigenvalue weighted by Crippen LogP contribution is 2.29. The molecule has 2 aliphatic rings. The van der Waals surface area contributed by atoms with Gasteiger partial charge in [-0.05, 0) is 24.0 Å². The lowest BCUT2D eigenvalue weighted by Gasteiger charge is -2.31. The van der Waals surface area contributed by atoms with E-state index in [2.05, 4.69) is 44.1 Å². The fraction of sp³-hybridized carbons (Fsp3) is 0.400. The predicted molar refractivity (Wildman–Crippen MR) is 102 cm³/mol. The SMILES string of the molecule is Cn1cnc2c(N3CCC(C(=O)N4CCc5ccccc5C4)C3)ncnc21. The second-order valence-electron chi connectivity index (χ2n) is 7.44. The Bertz CT molecular complexity index is 1010. The number of carbonyl (C=O) groups excluding carboxylic acids is 1. The van der Waals surface area contributed by atoms with Gasteiger partial charge in [-0.1, -0.05) is 24.3 Å². The van der Waals surface area contributed by atoms with E-state index in [1.54, 1.807) is 12.7 Å². The van der Waals surface area contributed by atoms with Gasteiger partial charge in [-0.25, -0.2) is 15.0 Å². The lowest BCUT2D eigenvalue weighted by Crippen LogP contribution is -2.40. The third kappa shape index (κ3) is 2.74. The number of imidazole rings is 1. The molecule has 1 amide bonds. The summed E-state index contributed by atoms with van der Waals surface area (Å²) >= 11 is 0. The van der Waals surface area contributed by atoms with Crippen molar-refractivity contribution in [2.45, 2.75) is 19.4 Å². The highest BCUT2D eigenvalue weighted by Gasteiger charge is 2.34. The monoisotopic (exact) mass is 362 g/mol. The van der Waals surface area contributed by atoms with Crippen molar-refractivity contribution >= 4 is 22.9 Å². The normalized spacial score (nSPS) is 19.5. The molecule has 7 nitrogen and oxygen atoms in total. The van der Waals surface area contributed by atoms with Crippen LogP contribution in [0, 0.1) is 5.92 Å². The summed E-state index contributed by atoms with van der Waals surface area (Å²) in [6, 6.07) is 8.43. The van der Waals surface area contributed by atoms with Crippen molar-refractivity contribution in [3.8, 4) is 0 Å². The Kier molecular flexibility index (Phi) is 3.81. The molecule has 5 rings (SSSR count). The minimum Gasteiger partial charge on any atom is -0.354 e. The maximum absolute atomic E-state index is 13.1. The van der Waals surface area contributed by atoms with Gasteiger partial charge < -0.3 is 14.4 Å². The molecule has 138 valence electrons. The summed E-state index contributed by atoms with van der Waals surface area (Å²) in [5.74, 6) is 1.11. The van der Waals surface area contributed by atoms with E-state index < -0.39 is 0 Å². The van der Waals surface area contributed by atoms with Crippen LogP contribution in [0.1, 0.15) is 17.5 Å². The summed E-state index contributed by atoms with van der Waals surface area (Å²) < 4.78 is 1.89. The molecule has 4 heterocycles. The molecule has 0 saturated carbocycles. The first-order valence-corrected chi connectivity index (χ1v) is 9.43. The number of amides is 1. The number of hydrogen-bond acceptors (Lipinski definition) is 5. The number of fused-ring (bicyclic) bond motifs is 2. The zero-order chi connectivity index (χ0) is 18.4. The molecule has 1 unspecified atom stereocenters. The second kappa shape index (κ2) is 6.33. The maximum Gasteiger partial charge on any atom is 0.227 e. The van der Waals surface area contributed by atoms with Crippen LogP contribution in [-0.4, -0.2) is 50.0 Å².